The van der Waals surface area contributed by atoms with Crippen molar-refractivity contribution in [2.75, 3.05) is 0 Å². The first-order valence-electron chi connectivity index (χ1n) is 5.45. The Labute approximate surface area is 121 Å². The van der Waals surface area contributed by atoms with Crippen LogP contribution in [0.5, 0.6) is 0 Å². The number of rotatable bonds is 0. The average Bonchev–Trinajstić information content (AvgIpc) is 2.53. The molecule has 1 aromatic heterocycles. The van der Waals surface area contributed by atoms with Gasteiger partial charge in [-0.05, 0) is 43.4 Å². The minimum Gasteiger partial charge on any atom is -0.442 e. The second-order valence-electron chi connectivity index (χ2n) is 4.96. The molecule has 0 fully saturated rings. The highest BCUT2D eigenvalue weighted by Gasteiger charge is 2.23. The summed E-state index contributed by atoms with van der Waals surface area (Å²) in [4.78, 5) is 11.9. The van der Waals surface area contributed by atoms with Gasteiger partial charge in [0.15, 0.2) is 0 Å². The van der Waals surface area contributed by atoms with Crippen LogP contribution in [0.3, 0.4) is 0 Å². The topological polar surface area (TPSA) is 44.1 Å². The number of hydrogen-bond donors (Lipinski definition) is 0. The third kappa shape index (κ3) is 2.85. The summed E-state index contributed by atoms with van der Waals surface area (Å²) in [5, 5.41) is 4.00. The van der Waals surface area contributed by atoms with Crippen LogP contribution in [-0.4, -0.2) is 21.5 Å². The summed E-state index contributed by atoms with van der Waals surface area (Å²) < 4.78 is 33.2. The average molecular weight is 380 g/mol. The molecular formula is C12H11F2IN2O2. The maximum atomic E-state index is 13.7. The summed E-state index contributed by atoms with van der Waals surface area (Å²) in [5.41, 5.74) is -0.664. The maximum absolute atomic E-state index is 13.7. The van der Waals surface area contributed by atoms with Gasteiger partial charge in [0.1, 0.15) is 20.9 Å². The summed E-state index contributed by atoms with van der Waals surface area (Å²) in [6.45, 7) is 5.09. The fourth-order valence-corrected chi connectivity index (χ4v) is 2.32. The zero-order valence-electron chi connectivity index (χ0n) is 10.5. The van der Waals surface area contributed by atoms with Gasteiger partial charge in [-0.3, -0.25) is 0 Å². The largest absolute Gasteiger partial charge is 0.442 e. The Morgan fingerprint density at radius 1 is 1.37 bits per heavy atom. The number of fused-ring (bicyclic) bond motifs is 1. The zero-order valence-corrected chi connectivity index (χ0v) is 12.7. The molecule has 102 valence electrons. The molecule has 2 rings (SSSR count). The number of ether oxygens (including phenoxy) is 1. The van der Waals surface area contributed by atoms with Crippen molar-refractivity contribution in [3.63, 3.8) is 0 Å². The van der Waals surface area contributed by atoms with E-state index in [2.05, 4.69) is 5.10 Å². The molecule has 0 radical (unpaired) electrons. The van der Waals surface area contributed by atoms with E-state index in [1.165, 1.54) is 0 Å². The monoisotopic (exact) mass is 380 g/mol. The lowest BCUT2D eigenvalue weighted by Gasteiger charge is -2.19. The number of benzene rings is 1. The van der Waals surface area contributed by atoms with Gasteiger partial charge in [0, 0.05) is 12.1 Å². The number of aromatic nitrogens is 2. The summed E-state index contributed by atoms with van der Waals surface area (Å²) in [5.74, 6) is -1.53. The van der Waals surface area contributed by atoms with Crippen LogP contribution >= 0.6 is 22.6 Å². The van der Waals surface area contributed by atoms with E-state index in [1.807, 2.05) is 0 Å². The van der Waals surface area contributed by atoms with E-state index in [4.69, 9.17) is 4.74 Å². The SMILES string of the molecule is CC(C)(C)OC(=O)n1nc(I)c2c(F)cc(F)cc21. The van der Waals surface area contributed by atoms with E-state index in [9.17, 15) is 13.6 Å². The van der Waals surface area contributed by atoms with Crippen molar-refractivity contribution in [2.45, 2.75) is 26.4 Å². The Bertz CT molecular complexity index is 662. The van der Waals surface area contributed by atoms with Gasteiger partial charge >= 0.3 is 6.09 Å². The normalized spacial score (nSPS) is 11.9. The molecule has 0 aliphatic heterocycles. The number of halogens is 3. The van der Waals surface area contributed by atoms with Crippen molar-refractivity contribution in [3.8, 4) is 0 Å². The third-order valence-electron chi connectivity index (χ3n) is 2.22. The molecule has 0 saturated carbocycles. The van der Waals surface area contributed by atoms with E-state index in [0.29, 0.717) is 0 Å². The van der Waals surface area contributed by atoms with Gasteiger partial charge in [-0.1, -0.05) is 0 Å². The molecule has 19 heavy (non-hydrogen) atoms. The number of nitrogens with zero attached hydrogens (tertiary/aromatic N) is 2. The Balaban J connectivity index is 2.59. The van der Waals surface area contributed by atoms with Crippen molar-refractivity contribution < 1.29 is 18.3 Å². The van der Waals surface area contributed by atoms with Gasteiger partial charge in [-0.25, -0.2) is 13.6 Å². The molecule has 0 N–H and O–H groups in total. The Hall–Kier alpha value is -1.25. The van der Waals surface area contributed by atoms with E-state index in [1.54, 1.807) is 43.4 Å². The molecule has 1 heterocycles. The van der Waals surface area contributed by atoms with Crippen LogP contribution in [0.4, 0.5) is 13.6 Å². The molecule has 0 unspecified atom stereocenters. The van der Waals surface area contributed by atoms with E-state index in [0.717, 1.165) is 16.8 Å². The van der Waals surface area contributed by atoms with Crippen LogP contribution in [-0.2, 0) is 4.74 Å². The second-order valence-corrected chi connectivity index (χ2v) is 5.99. The highest BCUT2D eigenvalue weighted by atomic mass is 127. The fraction of sp³-hybridized carbons (Fsp3) is 0.333. The minimum absolute atomic E-state index is 0.0520. The molecule has 0 aliphatic carbocycles. The molecule has 0 bridgehead atoms. The minimum atomic E-state index is -0.773. The van der Waals surface area contributed by atoms with Crippen molar-refractivity contribution in [1.29, 1.82) is 0 Å². The predicted octanol–water partition coefficient (Wildman–Crippen LogP) is 3.70. The molecule has 0 spiro atoms. The molecule has 0 aliphatic rings. The van der Waals surface area contributed by atoms with Gasteiger partial charge in [-0.2, -0.15) is 9.78 Å². The summed E-state index contributed by atoms with van der Waals surface area (Å²) in [6.07, 6.45) is -0.773. The van der Waals surface area contributed by atoms with Crippen LogP contribution in [0.25, 0.3) is 10.9 Å². The van der Waals surface area contributed by atoms with Crippen LogP contribution in [0.2, 0.25) is 0 Å². The van der Waals surface area contributed by atoms with Crippen LogP contribution < -0.4 is 0 Å². The lowest BCUT2D eigenvalue weighted by molar-refractivity contribution is 0.0522. The predicted molar refractivity (Wildman–Crippen MR) is 74.0 cm³/mol. The van der Waals surface area contributed by atoms with Crippen molar-refractivity contribution in [1.82, 2.24) is 9.78 Å². The summed E-state index contributed by atoms with van der Waals surface area (Å²) >= 11 is 1.78. The van der Waals surface area contributed by atoms with Crippen molar-refractivity contribution >= 4 is 39.6 Å². The van der Waals surface area contributed by atoms with Gasteiger partial charge in [-0.15, -0.1) is 0 Å². The summed E-state index contributed by atoms with van der Waals surface area (Å²) in [6, 6.07) is 1.81. The number of carbonyl (C=O) groups is 1. The standard InChI is InChI=1S/C12H11F2IN2O2/c1-12(2,3)19-11(18)17-8-5-6(13)4-7(14)9(8)10(15)16-17/h4-5H,1-3H3. The second kappa shape index (κ2) is 4.69. The smallest absolute Gasteiger partial charge is 0.435 e. The van der Waals surface area contributed by atoms with Crippen molar-refractivity contribution in [2.24, 2.45) is 0 Å². The van der Waals surface area contributed by atoms with Gasteiger partial charge in [0.2, 0.25) is 0 Å². The van der Waals surface area contributed by atoms with E-state index in [-0.39, 0.29) is 14.6 Å². The molecule has 0 amide bonds. The van der Waals surface area contributed by atoms with E-state index >= 15 is 0 Å². The highest BCUT2D eigenvalue weighted by molar-refractivity contribution is 14.1. The Kier molecular flexibility index (Phi) is 3.50. The van der Waals surface area contributed by atoms with Gasteiger partial charge in [0.25, 0.3) is 0 Å². The quantitative estimate of drug-likeness (QED) is 0.655. The first kappa shape index (κ1) is 14.2. The lowest BCUT2D eigenvalue weighted by Crippen LogP contribution is -2.27. The maximum Gasteiger partial charge on any atom is 0.435 e. The molecular weight excluding hydrogens is 369 g/mol. The lowest BCUT2D eigenvalue weighted by atomic mass is 10.2. The number of hydrogen-bond acceptors (Lipinski definition) is 3. The molecule has 1 aromatic carbocycles. The van der Waals surface area contributed by atoms with Crippen LogP contribution in [0.15, 0.2) is 12.1 Å². The first-order valence-corrected chi connectivity index (χ1v) is 6.53. The zero-order chi connectivity index (χ0) is 14.4. The highest BCUT2D eigenvalue weighted by Crippen LogP contribution is 2.25. The van der Waals surface area contributed by atoms with Crippen molar-refractivity contribution in [3.05, 3.63) is 27.5 Å². The van der Waals surface area contributed by atoms with Crippen LogP contribution in [0, 0.1) is 15.3 Å². The first-order chi connectivity index (χ1) is 8.69. The Morgan fingerprint density at radius 3 is 2.58 bits per heavy atom. The molecule has 4 nitrogen and oxygen atoms in total. The Morgan fingerprint density at radius 2 is 2.00 bits per heavy atom. The molecule has 7 heteroatoms. The molecule has 2 aromatic rings. The summed E-state index contributed by atoms with van der Waals surface area (Å²) in [7, 11) is 0. The molecule has 0 atom stereocenters. The molecule has 0 saturated heterocycles. The number of carbonyl (C=O) groups excluding carboxylic acids is 1. The van der Waals surface area contributed by atoms with Crippen LogP contribution in [0.1, 0.15) is 20.8 Å². The fourth-order valence-electron chi connectivity index (χ4n) is 1.57. The van der Waals surface area contributed by atoms with E-state index < -0.39 is 23.3 Å². The third-order valence-corrected chi connectivity index (χ3v) is 2.98. The van der Waals surface area contributed by atoms with Gasteiger partial charge < -0.3 is 4.74 Å². The van der Waals surface area contributed by atoms with Gasteiger partial charge in [0.05, 0.1) is 10.9 Å².